The summed E-state index contributed by atoms with van der Waals surface area (Å²) >= 11 is 0. The molecule has 0 aliphatic carbocycles. The summed E-state index contributed by atoms with van der Waals surface area (Å²) in [7, 11) is -0.906. The van der Waals surface area contributed by atoms with E-state index in [0.717, 1.165) is 11.1 Å². The second-order valence-electron chi connectivity index (χ2n) is 5.93. The smallest absolute Gasteiger partial charge is 0.254 e. The molecule has 0 unspecified atom stereocenters. The fourth-order valence-corrected chi connectivity index (χ4v) is 3.44. The molecule has 7 nitrogen and oxygen atoms in total. The van der Waals surface area contributed by atoms with Crippen molar-refractivity contribution in [1.29, 1.82) is 0 Å². The third-order valence-corrected chi connectivity index (χ3v) is 5.55. The highest BCUT2D eigenvalue weighted by atomic mass is 32.2. The first-order valence-corrected chi connectivity index (χ1v) is 9.86. The number of carbonyl (C=O) groups is 1. The van der Waals surface area contributed by atoms with Crippen LogP contribution in [-0.2, 0) is 10.0 Å². The van der Waals surface area contributed by atoms with Gasteiger partial charge in [0.1, 0.15) is 18.1 Å². The number of amides is 1. The number of benzene rings is 2. The van der Waals surface area contributed by atoms with Gasteiger partial charge >= 0.3 is 0 Å². The van der Waals surface area contributed by atoms with Crippen molar-refractivity contribution < 1.29 is 22.7 Å². The van der Waals surface area contributed by atoms with Gasteiger partial charge in [0, 0.05) is 13.6 Å². The molecule has 0 aromatic heterocycles. The number of carbonyl (C=O) groups excluding carboxylic acids is 1. The fourth-order valence-electron chi connectivity index (χ4n) is 2.40. The van der Waals surface area contributed by atoms with Crippen molar-refractivity contribution in [2.45, 2.75) is 18.7 Å². The van der Waals surface area contributed by atoms with Crippen molar-refractivity contribution in [3.8, 4) is 11.5 Å². The van der Waals surface area contributed by atoms with Crippen LogP contribution in [0.1, 0.15) is 21.5 Å². The molecule has 0 heterocycles. The average Bonchev–Trinajstić information content (AvgIpc) is 2.66. The van der Waals surface area contributed by atoms with E-state index in [1.165, 1.54) is 32.4 Å². The van der Waals surface area contributed by atoms with Gasteiger partial charge < -0.3 is 14.8 Å². The number of sulfonamides is 1. The van der Waals surface area contributed by atoms with Crippen molar-refractivity contribution in [2.75, 3.05) is 27.3 Å². The standard InChI is InChI=1S/C19H24N2O5S/c1-13-5-6-15(11-14(13)2)26-10-9-21-27(23,24)16-7-8-18(25-4)17(12-16)19(22)20-3/h5-8,11-12,21H,9-10H2,1-4H3,(H,20,22). The van der Waals surface area contributed by atoms with Crippen LogP contribution in [0.5, 0.6) is 11.5 Å². The summed E-state index contributed by atoms with van der Waals surface area (Å²) in [6.07, 6.45) is 0. The Kier molecular flexibility index (Phi) is 6.81. The molecule has 0 aliphatic heterocycles. The monoisotopic (exact) mass is 392 g/mol. The van der Waals surface area contributed by atoms with Gasteiger partial charge in [-0.2, -0.15) is 0 Å². The number of rotatable bonds is 8. The zero-order valence-corrected chi connectivity index (χ0v) is 16.6. The molecule has 0 saturated heterocycles. The Bertz CT molecular complexity index is 926. The summed E-state index contributed by atoms with van der Waals surface area (Å²) in [5.41, 5.74) is 2.41. The van der Waals surface area contributed by atoms with Gasteiger partial charge in [0.05, 0.1) is 17.6 Å². The molecule has 2 aromatic rings. The highest BCUT2D eigenvalue weighted by molar-refractivity contribution is 7.89. The lowest BCUT2D eigenvalue weighted by Gasteiger charge is -2.12. The Labute approximate surface area is 159 Å². The maximum Gasteiger partial charge on any atom is 0.254 e. The number of ether oxygens (including phenoxy) is 2. The van der Waals surface area contributed by atoms with Crippen LogP contribution in [0.2, 0.25) is 0 Å². The number of nitrogens with one attached hydrogen (secondary N) is 2. The van der Waals surface area contributed by atoms with Crippen LogP contribution in [0.15, 0.2) is 41.3 Å². The molecule has 0 radical (unpaired) electrons. The molecule has 2 rings (SSSR count). The topological polar surface area (TPSA) is 93.7 Å². The van der Waals surface area contributed by atoms with Crippen molar-refractivity contribution in [2.24, 2.45) is 0 Å². The van der Waals surface area contributed by atoms with E-state index in [4.69, 9.17) is 9.47 Å². The van der Waals surface area contributed by atoms with Crippen molar-refractivity contribution in [1.82, 2.24) is 10.0 Å². The van der Waals surface area contributed by atoms with Gasteiger partial charge in [-0.15, -0.1) is 0 Å². The van der Waals surface area contributed by atoms with Gasteiger partial charge in [0.25, 0.3) is 5.91 Å². The highest BCUT2D eigenvalue weighted by Crippen LogP contribution is 2.22. The van der Waals surface area contributed by atoms with Gasteiger partial charge in [-0.3, -0.25) is 4.79 Å². The lowest BCUT2D eigenvalue weighted by Crippen LogP contribution is -2.28. The molecule has 0 fully saturated rings. The van der Waals surface area contributed by atoms with Gasteiger partial charge in [0.2, 0.25) is 10.0 Å². The zero-order valence-electron chi connectivity index (χ0n) is 15.8. The summed E-state index contributed by atoms with van der Waals surface area (Å²) in [6, 6.07) is 9.82. The van der Waals surface area contributed by atoms with Crippen LogP contribution in [0.25, 0.3) is 0 Å². The van der Waals surface area contributed by atoms with Crippen molar-refractivity contribution in [3.05, 3.63) is 53.1 Å². The van der Waals surface area contributed by atoms with E-state index in [0.29, 0.717) is 11.5 Å². The molecule has 8 heteroatoms. The Morgan fingerprint density at radius 2 is 1.81 bits per heavy atom. The summed E-state index contributed by atoms with van der Waals surface area (Å²) in [4.78, 5) is 11.9. The molecule has 0 saturated carbocycles. The quantitative estimate of drug-likeness (QED) is 0.671. The van der Waals surface area contributed by atoms with Crippen LogP contribution in [-0.4, -0.2) is 41.6 Å². The van der Waals surface area contributed by atoms with E-state index in [1.54, 1.807) is 0 Å². The minimum absolute atomic E-state index is 0.0203. The van der Waals surface area contributed by atoms with Gasteiger partial charge in [-0.05, 0) is 55.3 Å². The van der Waals surface area contributed by atoms with Crippen molar-refractivity contribution in [3.63, 3.8) is 0 Å². The summed E-state index contributed by atoms with van der Waals surface area (Å²) in [6.45, 7) is 4.27. The Morgan fingerprint density at radius 1 is 1.07 bits per heavy atom. The van der Waals surface area contributed by atoms with Gasteiger partial charge in [0.15, 0.2) is 0 Å². The molecule has 0 bridgehead atoms. The number of aryl methyl sites for hydroxylation is 2. The van der Waals surface area contributed by atoms with Crippen LogP contribution in [0.4, 0.5) is 0 Å². The van der Waals surface area contributed by atoms with E-state index < -0.39 is 15.9 Å². The lowest BCUT2D eigenvalue weighted by atomic mass is 10.1. The van der Waals surface area contributed by atoms with Crippen LogP contribution in [0, 0.1) is 13.8 Å². The Morgan fingerprint density at radius 3 is 2.44 bits per heavy atom. The third kappa shape index (κ3) is 5.21. The normalized spacial score (nSPS) is 11.1. The SMILES string of the molecule is CNC(=O)c1cc(S(=O)(=O)NCCOc2ccc(C)c(C)c2)ccc1OC. The Balaban J connectivity index is 2.03. The summed E-state index contributed by atoms with van der Waals surface area (Å²) in [5, 5.41) is 2.46. The fraction of sp³-hybridized carbons (Fsp3) is 0.316. The minimum atomic E-state index is -3.78. The molecule has 2 aromatic carbocycles. The highest BCUT2D eigenvalue weighted by Gasteiger charge is 2.19. The maximum atomic E-state index is 12.5. The third-order valence-electron chi connectivity index (χ3n) is 4.09. The average molecular weight is 392 g/mol. The molecule has 1 amide bonds. The van der Waals surface area contributed by atoms with Crippen LogP contribution >= 0.6 is 0 Å². The second-order valence-corrected chi connectivity index (χ2v) is 7.70. The summed E-state index contributed by atoms with van der Waals surface area (Å²) < 4.78 is 38.1. The molecule has 0 spiro atoms. The predicted octanol–water partition coefficient (Wildman–Crippen LogP) is 2.03. The molecule has 0 atom stereocenters. The largest absolute Gasteiger partial charge is 0.496 e. The Hall–Kier alpha value is -2.58. The van der Waals surface area contributed by atoms with Gasteiger partial charge in [-0.1, -0.05) is 6.07 Å². The first-order valence-electron chi connectivity index (χ1n) is 8.38. The van der Waals surface area contributed by atoms with E-state index in [2.05, 4.69) is 10.0 Å². The van der Waals surface area contributed by atoms with Crippen LogP contribution < -0.4 is 19.5 Å². The van der Waals surface area contributed by atoms with E-state index >= 15 is 0 Å². The lowest BCUT2D eigenvalue weighted by molar-refractivity contribution is 0.0960. The molecule has 0 aliphatic rings. The summed E-state index contributed by atoms with van der Waals surface area (Å²) in [5.74, 6) is 0.553. The number of hydrogen-bond acceptors (Lipinski definition) is 5. The molecule has 2 N–H and O–H groups in total. The molecular weight excluding hydrogens is 368 g/mol. The second kappa shape index (κ2) is 8.88. The predicted molar refractivity (Wildman–Crippen MR) is 103 cm³/mol. The zero-order chi connectivity index (χ0) is 20.0. The molecule has 27 heavy (non-hydrogen) atoms. The van der Waals surface area contributed by atoms with E-state index in [1.807, 2.05) is 32.0 Å². The molecule has 146 valence electrons. The number of methoxy groups -OCH3 is 1. The first kappa shape index (κ1) is 20.7. The van der Waals surface area contributed by atoms with Gasteiger partial charge in [-0.25, -0.2) is 13.1 Å². The number of hydrogen-bond donors (Lipinski definition) is 2. The van der Waals surface area contributed by atoms with E-state index in [9.17, 15) is 13.2 Å². The maximum absolute atomic E-state index is 12.5. The minimum Gasteiger partial charge on any atom is -0.496 e. The molecular formula is C19H24N2O5S. The van der Waals surface area contributed by atoms with E-state index in [-0.39, 0.29) is 23.6 Å². The van der Waals surface area contributed by atoms with Crippen LogP contribution in [0.3, 0.4) is 0 Å². The first-order chi connectivity index (χ1) is 12.8. The van der Waals surface area contributed by atoms with Crippen molar-refractivity contribution >= 4 is 15.9 Å².